The molecule has 0 radical (unpaired) electrons. The maximum atomic E-state index is 13.5. The van der Waals surface area contributed by atoms with Gasteiger partial charge < -0.3 is 9.47 Å². The topological polar surface area (TPSA) is 56.6 Å². The molecule has 130 valence electrons. The molecule has 0 unspecified atom stereocenters. The molecule has 1 aromatic heterocycles. The summed E-state index contributed by atoms with van der Waals surface area (Å²) in [6.07, 6.45) is -0.921. The molecule has 0 amide bonds. The zero-order chi connectivity index (χ0) is 17.3. The summed E-state index contributed by atoms with van der Waals surface area (Å²) in [5.41, 5.74) is 0.923. The van der Waals surface area contributed by atoms with Gasteiger partial charge in [-0.2, -0.15) is 8.78 Å². The van der Waals surface area contributed by atoms with Gasteiger partial charge in [0.1, 0.15) is 5.82 Å². The predicted octanol–water partition coefficient (Wildman–Crippen LogP) is 2.19. The number of carbonyl (C=O) groups is 1. The number of aromatic nitrogens is 2. The van der Waals surface area contributed by atoms with Crippen LogP contribution in [-0.4, -0.2) is 52.8 Å². The maximum Gasteiger partial charge on any atom is 0.336 e. The van der Waals surface area contributed by atoms with Crippen molar-refractivity contribution in [2.45, 2.75) is 32.2 Å². The first-order chi connectivity index (χ1) is 11.5. The number of ether oxygens (including phenoxy) is 2. The summed E-state index contributed by atoms with van der Waals surface area (Å²) in [6, 6.07) is 6.80. The van der Waals surface area contributed by atoms with E-state index in [1.165, 1.54) is 7.11 Å². The number of nitrogens with zero attached hydrogens (tertiary/aromatic N) is 3. The maximum absolute atomic E-state index is 13.5. The summed E-state index contributed by atoms with van der Waals surface area (Å²) in [5, 5.41) is 0. The van der Waals surface area contributed by atoms with Crippen LogP contribution in [0.4, 0.5) is 8.78 Å². The van der Waals surface area contributed by atoms with Gasteiger partial charge in [-0.15, -0.1) is 0 Å². The van der Waals surface area contributed by atoms with Crippen LogP contribution in [0.1, 0.15) is 19.3 Å². The van der Waals surface area contributed by atoms with E-state index in [1.807, 2.05) is 11.8 Å². The standard InChI is InChI=1S/C16H19F2N3O3/c1-10-7-20(8-13(24-10)15(22)23-2)9-14-19-11-5-3-4-6-12(11)21(14)16(17)18/h3-6,10,13,16H,7-9H2,1-2H3/t10-,13+/m1/s1. The van der Waals surface area contributed by atoms with E-state index < -0.39 is 18.6 Å². The number of halogens is 2. The molecule has 1 aliphatic rings. The number of hydrogen-bond donors (Lipinski definition) is 0. The van der Waals surface area contributed by atoms with Gasteiger partial charge in [0.2, 0.25) is 0 Å². The Morgan fingerprint density at radius 3 is 2.88 bits per heavy atom. The predicted molar refractivity (Wildman–Crippen MR) is 82.6 cm³/mol. The van der Waals surface area contributed by atoms with Crippen molar-refractivity contribution in [1.82, 2.24) is 14.5 Å². The Bertz CT molecular complexity index is 734. The summed E-state index contributed by atoms with van der Waals surface area (Å²) >= 11 is 0. The highest BCUT2D eigenvalue weighted by molar-refractivity contribution is 5.76. The monoisotopic (exact) mass is 339 g/mol. The highest BCUT2D eigenvalue weighted by Crippen LogP contribution is 2.25. The van der Waals surface area contributed by atoms with Crippen molar-refractivity contribution >= 4 is 17.0 Å². The van der Waals surface area contributed by atoms with Crippen LogP contribution in [0.2, 0.25) is 0 Å². The number of para-hydroxylation sites is 2. The van der Waals surface area contributed by atoms with Crippen LogP contribution in [0, 0.1) is 0 Å². The zero-order valence-electron chi connectivity index (χ0n) is 13.5. The molecular formula is C16H19F2N3O3. The SMILES string of the molecule is COC(=O)[C@@H]1CN(Cc2nc3ccccc3n2C(F)F)C[C@@H](C)O1. The van der Waals surface area contributed by atoms with E-state index in [9.17, 15) is 13.6 Å². The van der Waals surface area contributed by atoms with E-state index in [4.69, 9.17) is 9.47 Å². The molecule has 2 heterocycles. The Morgan fingerprint density at radius 1 is 1.42 bits per heavy atom. The number of methoxy groups -OCH3 is 1. The molecule has 3 rings (SSSR count). The zero-order valence-corrected chi connectivity index (χ0v) is 13.5. The second-order valence-corrected chi connectivity index (χ2v) is 5.82. The van der Waals surface area contributed by atoms with E-state index in [-0.39, 0.29) is 25.0 Å². The molecule has 1 aromatic carbocycles. The highest BCUT2D eigenvalue weighted by atomic mass is 19.3. The Balaban J connectivity index is 1.86. The largest absolute Gasteiger partial charge is 0.467 e. The smallest absolute Gasteiger partial charge is 0.336 e. The van der Waals surface area contributed by atoms with Gasteiger partial charge in [-0.3, -0.25) is 9.47 Å². The van der Waals surface area contributed by atoms with Gasteiger partial charge in [0.15, 0.2) is 6.10 Å². The minimum absolute atomic E-state index is 0.202. The molecule has 1 saturated heterocycles. The van der Waals surface area contributed by atoms with Crippen LogP contribution in [0.3, 0.4) is 0 Å². The van der Waals surface area contributed by atoms with Crippen LogP contribution in [-0.2, 0) is 20.8 Å². The van der Waals surface area contributed by atoms with Crippen molar-refractivity contribution in [1.29, 1.82) is 0 Å². The summed E-state index contributed by atoms with van der Waals surface area (Å²) in [4.78, 5) is 17.9. The molecule has 24 heavy (non-hydrogen) atoms. The first-order valence-electron chi connectivity index (χ1n) is 7.69. The average molecular weight is 339 g/mol. The van der Waals surface area contributed by atoms with Gasteiger partial charge >= 0.3 is 12.5 Å². The van der Waals surface area contributed by atoms with Gasteiger partial charge in [0, 0.05) is 13.1 Å². The molecule has 1 aliphatic heterocycles. The van der Waals surface area contributed by atoms with Gasteiger partial charge in [-0.05, 0) is 19.1 Å². The Kier molecular flexibility index (Phi) is 4.77. The molecule has 1 fully saturated rings. The van der Waals surface area contributed by atoms with Gasteiger partial charge in [0.05, 0.1) is 30.8 Å². The number of carbonyl (C=O) groups excluding carboxylic acids is 1. The van der Waals surface area contributed by atoms with Crippen molar-refractivity contribution in [2.75, 3.05) is 20.2 Å². The minimum Gasteiger partial charge on any atom is -0.467 e. The first-order valence-corrected chi connectivity index (χ1v) is 7.69. The molecule has 8 heteroatoms. The Hall–Kier alpha value is -2.06. The molecule has 2 aromatic rings. The number of hydrogen-bond acceptors (Lipinski definition) is 5. The summed E-state index contributed by atoms with van der Waals surface area (Å²) in [5.74, 6) is -0.196. The number of imidazole rings is 1. The van der Waals surface area contributed by atoms with E-state index in [1.54, 1.807) is 24.3 Å². The molecular weight excluding hydrogens is 320 g/mol. The minimum atomic E-state index is -2.68. The molecule has 6 nitrogen and oxygen atoms in total. The van der Waals surface area contributed by atoms with E-state index in [2.05, 4.69) is 4.98 Å². The molecule has 0 saturated carbocycles. The van der Waals surface area contributed by atoms with Crippen LogP contribution >= 0.6 is 0 Å². The van der Waals surface area contributed by atoms with E-state index in [0.717, 1.165) is 4.57 Å². The van der Waals surface area contributed by atoms with Crippen LogP contribution in [0.5, 0.6) is 0 Å². The normalized spacial score (nSPS) is 22.2. The number of morpholine rings is 1. The average Bonchev–Trinajstić information content (AvgIpc) is 2.91. The fourth-order valence-corrected chi connectivity index (χ4v) is 3.05. The number of esters is 1. The third-order valence-electron chi connectivity index (χ3n) is 4.03. The molecule has 0 bridgehead atoms. The van der Waals surface area contributed by atoms with Crippen molar-refractivity contribution in [2.24, 2.45) is 0 Å². The lowest BCUT2D eigenvalue weighted by Gasteiger charge is -2.35. The third-order valence-corrected chi connectivity index (χ3v) is 4.03. The highest BCUT2D eigenvalue weighted by Gasteiger charge is 2.32. The van der Waals surface area contributed by atoms with Gasteiger partial charge in [-0.25, -0.2) is 9.78 Å². The molecule has 0 aliphatic carbocycles. The van der Waals surface area contributed by atoms with Crippen molar-refractivity contribution in [3.05, 3.63) is 30.1 Å². The number of alkyl halides is 2. The number of fused-ring (bicyclic) bond motifs is 1. The molecule has 0 spiro atoms. The molecule has 0 N–H and O–H groups in total. The lowest BCUT2D eigenvalue weighted by atomic mass is 10.2. The molecule has 2 atom stereocenters. The van der Waals surface area contributed by atoms with Crippen LogP contribution < -0.4 is 0 Å². The third kappa shape index (κ3) is 3.25. The lowest BCUT2D eigenvalue weighted by Crippen LogP contribution is -2.49. The van der Waals surface area contributed by atoms with Crippen molar-refractivity contribution in [3.8, 4) is 0 Å². The quantitative estimate of drug-likeness (QED) is 0.800. The van der Waals surface area contributed by atoms with Gasteiger partial charge in [-0.1, -0.05) is 12.1 Å². The van der Waals surface area contributed by atoms with Crippen LogP contribution in [0.25, 0.3) is 11.0 Å². The Labute approximate surface area is 138 Å². The lowest BCUT2D eigenvalue weighted by molar-refractivity contribution is -0.166. The van der Waals surface area contributed by atoms with Crippen LogP contribution in [0.15, 0.2) is 24.3 Å². The first kappa shape index (κ1) is 16.8. The fraction of sp³-hybridized carbons (Fsp3) is 0.500. The van der Waals surface area contributed by atoms with Crippen molar-refractivity contribution in [3.63, 3.8) is 0 Å². The second kappa shape index (κ2) is 6.82. The van der Waals surface area contributed by atoms with Crippen molar-refractivity contribution < 1.29 is 23.0 Å². The fourth-order valence-electron chi connectivity index (χ4n) is 3.05. The second-order valence-electron chi connectivity index (χ2n) is 5.82. The van der Waals surface area contributed by atoms with E-state index >= 15 is 0 Å². The number of rotatable bonds is 4. The Morgan fingerprint density at radius 2 is 2.17 bits per heavy atom. The summed E-state index contributed by atoms with van der Waals surface area (Å²) in [7, 11) is 1.30. The summed E-state index contributed by atoms with van der Waals surface area (Å²) < 4.78 is 38.2. The summed E-state index contributed by atoms with van der Waals surface area (Å²) in [6.45, 7) is 0.171. The van der Waals surface area contributed by atoms with E-state index in [0.29, 0.717) is 17.6 Å². The number of benzene rings is 1. The van der Waals surface area contributed by atoms with Gasteiger partial charge in [0.25, 0.3) is 0 Å².